The number of rotatable bonds is 3. The van der Waals surface area contributed by atoms with Gasteiger partial charge in [0.05, 0.1) is 12.3 Å². The second kappa shape index (κ2) is 6.24. The monoisotopic (exact) mass is 349 g/mol. The van der Waals surface area contributed by atoms with Crippen LogP contribution in [0, 0.1) is 0 Å². The number of amides is 1. The van der Waals surface area contributed by atoms with Gasteiger partial charge in [-0.2, -0.15) is 4.40 Å². The van der Waals surface area contributed by atoms with E-state index in [0.29, 0.717) is 6.54 Å². The Kier molecular flexibility index (Phi) is 4.59. The molecule has 0 aliphatic carbocycles. The van der Waals surface area contributed by atoms with Crippen molar-refractivity contribution < 1.29 is 31.4 Å². The molecule has 0 fully saturated rings. The van der Waals surface area contributed by atoms with E-state index >= 15 is 0 Å². The lowest BCUT2D eigenvalue weighted by atomic mass is 10.3. The summed E-state index contributed by atoms with van der Waals surface area (Å²) in [5, 5.41) is 12.0. The van der Waals surface area contributed by atoms with Crippen LogP contribution < -0.4 is 26.9 Å². The second-order valence-corrected chi connectivity index (χ2v) is 4.69. The van der Waals surface area contributed by atoms with Crippen molar-refractivity contribution >= 4 is 28.3 Å². The van der Waals surface area contributed by atoms with Crippen molar-refractivity contribution in [3.8, 4) is 0 Å². The van der Waals surface area contributed by atoms with E-state index in [4.69, 9.17) is 0 Å². The molecular formula is C15H16BrN3O2. The highest BCUT2D eigenvalue weighted by molar-refractivity contribution is 5.89. The number of benzene rings is 1. The number of hydrogen-bond acceptors (Lipinski definition) is 2. The molecule has 0 atom stereocenters. The number of imidazole rings is 1. The summed E-state index contributed by atoms with van der Waals surface area (Å²) >= 11 is 0. The third kappa shape index (κ3) is 2.77. The maximum Gasteiger partial charge on any atom is 0.287 e. The third-order valence-electron chi connectivity index (χ3n) is 3.28. The second-order valence-electron chi connectivity index (χ2n) is 4.69. The minimum Gasteiger partial charge on any atom is -1.00 e. The summed E-state index contributed by atoms with van der Waals surface area (Å²) in [6.07, 6.45) is 1.90. The third-order valence-corrected chi connectivity index (χ3v) is 3.28. The van der Waals surface area contributed by atoms with Crippen LogP contribution in [0.4, 0.5) is 5.69 Å². The smallest absolute Gasteiger partial charge is 0.287 e. The van der Waals surface area contributed by atoms with Gasteiger partial charge in [0.2, 0.25) is 5.91 Å². The normalized spacial score (nSPS) is 10.6. The Morgan fingerprint density at radius 3 is 2.76 bits per heavy atom. The molecule has 0 aliphatic heterocycles. The molecule has 0 saturated heterocycles. The maximum atomic E-state index is 11.2. The van der Waals surface area contributed by atoms with E-state index in [-0.39, 0.29) is 29.5 Å². The average Bonchev–Trinajstić information content (AvgIpc) is 2.73. The highest BCUT2D eigenvalue weighted by Gasteiger charge is 2.18. The van der Waals surface area contributed by atoms with Crippen LogP contribution in [-0.4, -0.2) is 22.0 Å². The van der Waals surface area contributed by atoms with Crippen LogP contribution in [-0.2, 0) is 11.3 Å². The van der Waals surface area contributed by atoms with E-state index < -0.39 is 0 Å². The average molecular weight is 350 g/mol. The number of anilines is 1. The quantitative estimate of drug-likeness (QED) is 0.556. The fourth-order valence-electron chi connectivity index (χ4n) is 2.54. The lowest BCUT2D eigenvalue weighted by Gasteiger charge is -2.00. The first-order chi connectivity index (χ1) is 9.70. The van der Waals surface area contributed by atoms with Crippen LogP contribution >= 0.6 is 0 Å². The van der Waals surface area contributed by atoms with Gasteiger partial charge in [-0.3, -0.25) is 4.79 Å². The summed E-state index contributed by atoms with van der Waals surface area (Å²) in [5.41, 5.74) is 3.83. The summed E-state index contributed by atoms with van der Waals surface area (Å²) in [6.45, 7) is 2.11. The predicted octanol–water partition coefficient (Wildman–Crippen LogP) is -1.67. The van der Waals surface area contributed by atoms with Crippen LogP contribution in [0.5, 0.6) is 0 Å². The van der Waals surface area contributed by atoms with Gasteiger partial charge in [-0.25, -0.2) is 4.57 Å². The summed E-state index contributed by atoms with van der Waals surface area (Å²) in [4.78, 5) is 11.2. The van der Waals surface area contributed by atoms with E-state index in [0.717, 1.165) is 22.4 Å². The lowest BCUT2D eigenvalue weighted by Crippen LogP contribution is -3.00. The molecule has 0 bridgehead atoms. The molecule has 1 aromatic carbocycles. The van der Waals surface area contributed by atoms with Crippen molar-refractivity contribution in [3.63, 3.8) is 0 Å². The highest BCUT2D eigenvalue weighted by atomic mass is 79.9. The topological polar surface area (TPSA) is 57.6 Å². The fourth-order valence-corrected chi connectivity index (χ4v) is 2.54. The van der Waals surface area contributed by atoms with Gasteiger partial charge in [-0.15, -0.1) is 0 Å². The van der Waals surface area contributed by atoms with Crippen molar-refractivity contribution in [2.24, 2.45) is 0 Å². The molecule has 2 N–H and O–H groups in total. The van der Waals surface area contributed by atoms with E-state index in [9.17, 15) is 9.90 Å². The number of carbonyl (C=O) groups is 1. The Balaban J connectivity index is 0.00000161. The maximum absolute atomic E-state index is 11.2. The van der Waals surface area contributed by atoms with Crippen LogP contribution in [0.1, 0.15) is 6.92 Å². The molecule has 21 heavy (non-hydrogen) atoms. The zero-order valence-electron chi connectivity index (χ0n) is 11.6. The van der Waals surface area contributed by atoms with Crippen molar-refractivity contribution in [2.45, 2.75) is 13.5 Å². The van der Waals surface area contributed by atoms with Crippen molar-refractivity contribution in [1.29, 1.82) is 0 Å². The Hall–Kier alpha value is -1.92. The van der Waals surface area contributed by atoms with Gasteiger partial charge in [-0.05, 0) is 18.2 Å². The van der Waals surface area contributed by atoms with E-state index in [2.05, 4.69) is 9.88 Å². The summed E-state index contributed by atoms with van der Waals surface area (Å²) in [6, 6.07) is 11.8. The number of halogens is 1. The number of carbonyl (C=O) groups excluding carboxylic acids is 1. The molecule has 5 nitrogen and oxygen atoms in total. The Morgan fingerprint density at radius 2 is 2.05 bits per heavy atom. The molecule has 2 heterocycles. The standard InChI is InChI=1S/C15H15N3O2.BrH/c1-11(20)16-12-6-7-15-17(8-9-19)13-4-2-3-5-14(13)18(15)10-12;/h2-7,10,19H,8-9H2,1H3;1H. The number of nitrogens with zero attached hydrogens (tertiary/aromatic N) is 2. The summed E-state index contributed by atoms with van der Waals surface area (Å²) in [5.74, 6) is -0.0935. The largest absolute Gasteiger partial charge is 1.00 e. The number of fused-ring (bicyclic) bond motifs is 3. The van der Waals surface area contributed by atoms with Crippen molar-refractivity contribution in [1.82, 2.24) is 4.40 Å². The number of pyridine rings is 1. The van der Waals surface area contributed by atoms with Crippen LogP contribution in [0.25, 0.3) is 16.7 Å². The minimum atomic E-state index is -0.0935. The molecule has 110 valence electrons. The molecule has 0 radical (unpaired) electrons. The molecule has 0 spiro atoms. The van der Waals surface area contributed by atoms with Gasteiger partial charge in [0.25, 0.3) is 5.65 Å². The van der Waals surface area contributed by atoms with Gasteiger partial charge >= 0.3 is 0 Å². The molecule has 1 amide bonds. The van der Waals surface area contributed by atoms with Gasteiger partial charge in [0, 0.05) is 13.0 Å². The number of aliphatic hydroxyl groups is 1. The fraction of sp³-hybridized carbons (Fsp3) is 0.200. The minimum absolute atomic E-state index is 0. The number of aliphatic hydroxyl groups excluding tert-OH is 1. The van der Waals surface area contributed by atoms with E-state index in [1.165, 1.54) is 6.92 Å². The van der Waals surface area contributed by atoms with E-state index in [1.807, 2.05) is 47.0 Å². The number of para-hydroxylation sites is 2. The van der Waals surface area contributed by atoms with Crippen molar-refractivity contribution in [3.05, 3.63) is 42.6 Å². The molecule has 0 saturated carbocycles. The summed E-state index contributed by atoms with van der Waals surface area (Å²) in [7, 11) is 0. The Labute approximate surface area is 132 Å². The summed E-state index contributed by atoms with van der Waals surface area (Å²) < 4.78 is 4.09. The Morgan fingerprint density at radius 1 is 1.29 bits per heavy atom. The first-order valence-electron chi connectivity index (χ1n) is 6.52. The molecular weight excluding hydrogens is 334 g/mol. The van der Waals surface area contributed by atoms with Gasteiger partial charge in [0.15, 0.2) is 11.0 Å². The molecule has 0 unspecified atom stereocenters. The zero-order chi connectivity index (χ0) is 14.1. The predicted molar refractivity (Wildman–Crippen MR) is 76.5 cm³/mol. The first-order valence-corrected chi connectivity index (χ1v) is 6.52. The number of nitrogens with one attached hydrogen (secondary N) is 1. The lowest BCUT2D eigenvalue weighted by molar-refractivity contribution is -0.647. The zero-order valence-corrected chi connectivity index (χ0v) is 13.2. The van der Waals surface area contributed by atoms with Crippen LogP contribution in [0.2, 0.25) is 0 Å². The van der Waals surface area contributed by atoms with Crippen LogP contribution in [0.3, 0.4) is 0 Å². The molecule has 3 rings (SSSR count). The number of aromatic nitrogens is 2. The van der Waals surface area contributed by atoms with Gasteiger partial charge < -0.3 is 27.4 Å². The molecule has 3 aromatic rings. The van der Waals surface area contributed by atoms with E-state index in [1.54, 1.807) is 0 Å². The number of hydrogen-bond donors (Lipinski definition) is 2. The molecule has 6 heteroatoms. The first kappa shape index (κ1) is 15.5. The van der Waals surface area contributed by atoms with Gasteiger partial charge in [-0.1, -0.05) is 12.1 Å². The highest BCUT2D eigenvalue weighted by Crippen LogP contribution is 2.17. The van der Waals surface area contributed by atoms with Crippen molar-refractivity contribution in [2.75, 3.05) is 11.9 Å². The Bertz CT molecular complexity index is 798. The molecule has 2 aromatic heterocycles. The van der Waals surface area contributed by atoms with Gasteiger partial charge in [0.1, 0.15) is 12.7 Å². The molecule has 0 aliphatic rings. The SMILES string of the molecule is CC(=O)Nc1ccc2n(c1)c1ccccc1[n+]2CCO.[Br-]. The van der Waals surface area contributed by atoms with Crippen LogP contribution in [0.15, 0.2) is 42.6 Å².